The topological polar surface area (TPSA) is 53.4 Å². The molecule has 20 heavy (non-hydrogen) atoms. The summed E-state index contributed by atoms with van der Waals surface area (Å²) in [5, 5.41) is 11.2. The van der Waals surface area contributed by atoms with Crippen LogP contribution in [0.25, 0.3) is 0 Å². The van der Waals surface area contributed by atoms with Crippen molar-refractivity contribution < 1.29 is 9.90 Å². The minimum Gasteiger partial charge on any atom is -0.478 e. The van der Waals surface area contributed by atoms with Gasteiger partial charge in [-0.3, -0.25) is 0 Å². The van der Waals surface area contributed by atoms with Crippen molar-refractivity contribution in [3.8, 4) is 0 Å². The van der Waals surface area contributed by atoms with E-state index in [0.717, 1.165) is 12.1 Å². The van der Waals surface area contributed by atoms with Gasteiger partial charge in [-0.05, 0) is 37.4 Å². The summed E-state index contributed by atoms with van der Waals surface area (Å²) >= 11 is 1.73. The van der Waals surface area contributed by atoms with Crippen LogP contribution in [0.4, 0.5) is 5.82 Å². The molecule has 1 atom stereocenters. The predicted molar refractivity (Wildman–Crippen MR) is 81.8 cm³/mol. The van der Waals surface area contributed by atoms with Crippen molar-refractivity contribution in [2.75, 3.05) is 11.9 Å². The molecule has 0 radical (unpaired) electrons. The summed E-state index contributed by atoms with van der Waals surface area (Å²) < 4.78 is 0. The zero-order valence-electron chi connectivity index (χ0n) is 11.8. The first-order chi connectivity index (χ1) is 9.47. The number of pyridine rings is 1. The highest BCUT2D eigenvalue weighted by molar-refractivity contribution is 7.09. The quantitative estimate of drug-likeness (QED) is 0.918. The maximum Gasteiger partial charge on any atom is 0.335 e. The highest BCUT2D eigenvalue weighted by atomic mass is 32.1. The van der Waals surface area contributed by atoms with Crippen molar-refractivity contribution in [2.24, 2.45) is 0 Å². The maximum absolute atomic E-state index is 11.1. The van der Waals surface area contributed by atoms with E-state index in [1.807, 2.05) is 24.9 Å². The second-order valence-electron chi connectivity index (χ2n) is 4.90. The highest BCUT2D eigenvalue weighted by Gasteiger charge is 2.15. The Bertz CT molecular complexity index is 596. The number of likely N-dealkylation sites (N-methyl/N-ethyl adjacent to an activating group) is 1. The fourth-order valence-corrected chi connectivity index (χ4v) is 2.86. The van der Waals surface area contributed by atoms with Crippen LogP contribution in [0.15, 0.2) is 29.6 Å². The molecule has 0 fully saturated rings. The zero-order chi connectivity index (χ0) is 14.7. The zero-order valence-corrected chi connectivity index (χ0v) is 12.6. The Kier molecular flexibility index (Phi) is 4.39. The molecule has 0 aliphatic heterocycles. The van der Waals surface area contributed by atoms with Crippen LogP contribution in [-0.4, -0.2) is 29.1 Å². The van der Waals surface area contributed by atoms with Crippen molar-refractivity contribution >= 4 is 23.1 Å². The fraction of sp³-hybridized carbons (Fsp3) is 0.333. The molecule has 2 aromatic heterocycles. The number of carboxylic acids is 1. The van der Waals surface area contributed by atoms with Gasteiger partial charge in [-0.1, -0.05) is 6.07 Å². The van der Waals surface area contributed by atoms with E-state index in [4.69, 9.17) is 5.11 Å². The van der Waals surface area contributed by atoms with Gasteiger partial charge >= 0.3 is 5.97 Å². The highest BCUT2D eigenvalue weighted by Crippen LogP contribution is 2.19. The number of rotatable bonds is 5. The van der Waals surface area contributed by atoms with Crippen molar-refractivity contribution in [1.82, 2.24) is 4.98 Å². The summed E-state index contributed by atoms with van der Waals surface area (Å²) in [4.78, 5) is 18.9. The van der Waals surface area contributed by atoms with E-state index in [0.29, 0.717) is 5.82 Å². The van der Waals surface area contributed by atoms with Crippen molar-refractivity contribution in [2.45, 2.75) is 26.3 Å². The molecule has 4 nitrogen and oxygen atoms in total. The molecule has 1 unspecified atom stereocenters. The van der Waals surface area contributed by atoms with Crippen LogP contribution < -0.4 is 4.90 Å². The minimum absolute atomic E-state index is 0.254. The summed E-state index contributed by atoms with van der Waals surface area (Å²) in [6.07, 6.45) is 0.923. The standard InChI is InChI=1S/C15H18N2O2S/c1-10-7-12(15(18)19)9-14(16-10)17(3)11(2)8-13-5-4-6-20-13/h4-7,9,11H,8H2,1-3H3,(H,18,19). The summed E-state index contributed by atoms with van der Waals surface area (Å²) in [5.74, 6) is -0.220. The Balaban J connectivity index is 2.19. The molecule has 0 aliphatic carbocycles. The Labute approximate surface area is 122 Å². The van der Waals surface area contributed by atoms with Gasteiger partial charge in [0.15, 0.2) is 0 Å². The number of hydrogen-bond donors (Lipinski definition) is 1. The third-order valence-electron chi connectivity index (χ3n) is 3.29. The van der Waals surface area contributed by atoms with Gasteiger partial charge in [0.1, 0.15) is 5.82 Å². The van der Waals surface area contributed by atoms with E-state index < -0.39 is 5.97 Å². The summed E-state index contributed by atoms with van der Waals surface area (Å²) in [5.41, 5.74) is 0.998. The van der Waals surface area contributed by atoms with Crippen molar-refractivity contribution in [3.63, 3.8) is 0 Å². The number of aromatic carboxylic acids is 1. The Morgan fingerprint density at radius 1 is 1.50 bits per heavy atom. The molecule has 2 aromatic rings. The van der Waals surface area contributed by atoms with Crippen LogP contribution in [-0.2, 0) is 6.42 Å². The largest absolute Gasteiger partial charge is 0.478 e. The van der Waals surface area contributed by atoms with Crippen LogP contribution in [0.1, 0.15) is 27.9 Å². The van der Waals surface area contributed by atoms with Crippen LogP contribution in [0, 0.1) is 6.92 Å². The van der Waals surface area contributed by atoms with Crippen LogP contribution in [0.2, 0.25) is 0 Å². The maximum atomic E-state index is 11.1. The molecular formula is C15H18N2O2S. The first kappa shape index (κ1) is 14.5. The van der Waals surface area contributed by atoms with E-state index >= 15 is 0 Å². The molecule has 0 saturated carbocycles. The molecule has 0 saturated heterocycles. The first-order valence-electron chi connectivity index (χ1n) is 6.44. The fourth-order valence-electron chi connectivity index (χ4n) is 2.04. The Morgan fingerprint density at radius 2 is 2.25 bits per heavy atom. The van der Waals surface area contributed by atoms with E-state index in [9.17, 15) is 4.79 Å². The smallest absolute Gasteiger partial charge is 0.335 e. The number of aryl methyl sites for hydroxylation is 1. The lowest BCUT2D eigenvalue weighted by Crippen LogP contribution is -2.31. The van der Waals surface area contributed by atoms with Crippen LogP contribution in [0.5, 0.6) is 0 Å². The normalized spacial score (nSPS) is 12.2. The predicted octanol–water partition coefficient (Wildman–Crippen LogP) is 3.22. The van der Waals surface area contributed by atoms with Gasteiger partial charge in [-0.15, -0.1) is 11.3 Å². The minimum atomic E-state index is -0.920. The molecular weight excluding hydrogens is 272 g/mol. The van der Waals surface area contributed by atoms with Gasteiger partial charge < -0.3 is 10.0 Å². The van der Waals surface area contributed by atoms with E-state index in [1.54, 1.807) is 23.5 Å². The number of carbonyl (C=O) groups is 1. The van der Waals surface area contributed by atoms with Crippen molar-refractivity contribution in [1.29, 1.82) is 0 Å². The molecule has 0 amide bonds. The second kappa shape index (κ2) is 6.05. The van der Waals surface area contributed by atoms with Crippen LogP contribution in [0.3, 0.4) is 0 Å². The monoisotopic (exact) mass is 290 g/mol. The van der Waals surface area contributed by atoms with Crippen molar-refractivity contribution in [3.05, 3.63) is 45.8 Å². The third kappa shape index (κ3) is 3.36. The first-order valence-corrected chi connectivity index (χ1v) is 7.32. The number of hydrogen-bond acceptors (Lipinski definition) is 4. The van der Waals surface area contributed by atoms with Gasteiger partial charge in [0.25, 0.3) is 0 Å². The summed E-state index contributed by atoms with van der Waals surface area (Å²) in [6.45, 7) is 3.93. The lowest BCUT2D eigenvalue weighted by atomic mass is 10.1. The molecule has 1 N–H and O–H groups in total. The molecule has 0 spiro atoms. The Hall–Kier alpha value is -1.88. The Morgan fingerprint density at radius 3 is 2.85 bits per heavy atom. The molecule has 106 valence electrons. The van der Waals surface area contributed by atoms with E-state index in [-0.39, 0.29) is 11.6 Å². The van der Waals surface area contributed by atoms with Gasteiger partial charge in [-0.2, -0.15) is 0 Å². The number of anilines is 1. The van der Waals surface area contributed by atoms with Gasteiger partial charge in [-0.25, -0.2) is 9.78 Å². The van der Waals surface area contributed by atoms with E-state index in [2.05, 4.69) is 23.4 Å². The molecule has 2 heterocycles. The molecule has 0 aliphatic rings. The van der Waals surface area contributed by atoms with E-state index in [1.165, 1.54) is 4.88 Å². The number of nitrogens with zero attached hydrogens (tertiary/aromatic N) is 2. The number of carboxylic acid groups (broad SMARTS) is 1. The SMILES string of the molecule is Cc1cc(C(=O)O)cc(N(C)C(C)Cc2cccs2)n1. The molecule has 2 rings (SSSR count). The number of aromatic nitrogens is 1. The van der Waals surface area contributed by atoms with Gasteiger partial charge in [0.05, 0.1) is 5.56 Å². The second-order valence-corrected chi connectivity index (χ2v) is 5.94. The average Bonchev–Trinajstić information content (AvgIpc) is 2.89. The molecule has 0 bridgehead atoms. The lowest BCUT2D eigenvalue weighted by Gasteiger charge is -2.26. The summed E-state index contributed by atoms with van der Waals surface area (Å²) in [6, 6.07) is 7.62. The third-order valence-corrected chi connectivity index (χ3v) is 4.18. The lowest BCUT2D eigenvalue weighted by molar-refractivity contribution is 0.0696. The summed E-state index contributed by atoms with van der Waals surface area (Å²) in [7, 11) is 1.95. The molecule has 5 heteroatoms. The van der Waals surface area contributed by atoms with Gasteiger partial charge in [0, 0.05) is 30.1 Å². The average molecular weight is 290 g/mol. The number of thiophene rings is 1. The van der Waals surface area contributed by atoms with Gasteiger partial charge in [0.2, 0.25) is 0 Å². The molecule has 0 aromatic carbocycles. The van der Waals surface area contributed by atoms with Crippen LogP contribution >= 0.6 is 11.3 Å².